The zero-order valence-corrected chi connectivity index (χ0v) is 11.8. The Labute approximate surface area is 125 Å². The Morgan fingerprint density at radius 2 is 1.86 bits per heavy atom. The molecule has 0 aliphatic heterocycles. The third kappa shape index (κ3) is 3.44. The molecule has 1 N–H and O–H groups in total. The summed E-state index contributed by atoms with van der Waals surface area (Å²) in [5.74, 6) is -1.13. The van der Waals surface area contributed by atoms with E-state index in [0.29, 0.717) is 12.1 Å². The minimum atomic E-state index is -0.566. The minimum absolute atomic E-state index is 0.357. The molecule has 1 aromatic heterocycles. The molecule has 2 aromatic carbocycles. The van der Waals surface area contributed by atoms with Gasteiger partial charge in [-0.2, -0.15) is 0 Å². The van der Waals surface area contributed by atoms with Gasteiger partial charge in [0.1, 0.15) is 16.6 Å². The van der Waals surface area contributed by atoms with Crippen LogP contribution in [0.1, 0.15) is 5.56 Å². The first kappa shape index (κ1) is 13.7. The van der Waals surface area contributed by atoms with Gasteiger partial charge in [0.2, 0.25) is 0 Å². The van der Waals surface area contributed by atoms with Crippen molar-refractivity contribution in [1.82, 2.24) is 4.98 Å². The van der Waals surface area contributed by atoms with Crippen LogP contribution in [0.3, 0.4) is 0 Å². The molecule has 0 saturated heterocycles. The van der Waals surface area contributed by atoms with Gasteiger partial charge in [0.15, 0.2) is 0 Å². The van der Waals surface area contributed by atoms with Crippen LogP contribution in [0.25, 0.3) is 10.6 Å². The average molecular weight is 302 g/mol. The van der Waals surface area contributed by atoms with Crippen LogP contribution in [0, 0.1) is 11.6 Å². The van der Waals surface area contributed by atoms with Crippen LogP contribution in [0.2, 0.25) is 0 Å². The van der Waals surface area contributed by atoms with Crippen LogP contribution in [0.5, 0.6) is 0 Å². The monoisotopic (exact) mass is 302 g/mol. The van der Waals surface area contributed by atoms with Crippen molar-refractivity contribution < 1.29 is 8.78 Å². The zero-order chi connectivity index (χ0) is 14.7. The molecule has 2 nitrogen and oxygen atoms in total. The van der Waals surface area contributed by atoms with Gasteiger partial charge >= 0.3 is 0 Å². The van der Waals surface area contributed by atoms with E-state index in [9.17, 15) is 8.78 Å². The SMILES string of the molecule is Fc1cc(F)cc(CNc2cccc(-c3nccs3)c2)c1. The number of thiazole rings is 1. The van der Waals surface area contributed by atoms with E-state index in [2.05, 4.69) is 10.3 Å². The van der Waals surface area contributed by atoms with Crippen molar-refractivity contribution in [3.63, 3.8) is 0 Å². The Bertz CT molecular complexity index is 722. The molecule has 0 fully saturated rings. The lowest BCUT2D eigenvalue weighted by molar-refractivity contribution is 0.580. The molecule has 106 valence electrons. The van der Waals surface area contributed by atoms with E-state index < -0.39 is 11.6 Å². The van der Waals surface area contributed by atoms with Crippen LogP contribution < -0.4 is 5.32 Å². The fourth-order valence-electron chi connectivity index (χ4n) is 2.05. The van der Waals surface area contributed by atoms with Gasteiger partial charge in [-0.1, -0.05) is 12.1 Å². The third-order valence-corrected chi connectivity index (χ3v) is 3.78. The molecule has 0 bridgehead atoms. The van der Waals surface area contributed by atoms with E-state index in [1.807, 2.05) is 29.6 Å². The van der Waals surface area contributed by atoms with E-state index in [-0.39, 0.29) is 0 Å². The summed E-state index contributed by atoms with van der Waals surface area (Å²) in [5.41, 5.74) is 2.46. The Hall–Kier alpha value is -2.27. The van der Waals surface area contributed by atoms with Crippen LogP contribution >= 0.6 is 11.3 Å². The van der Waals surface area contributed by atoms with Crippen LogP contribution in [-0.2, 0) is 6.54 Å². The normalized spacial score (nSPS) is 10.6. The second-order valence-corrected chi connectivity index (χ2v) is 5.44. The number of hydrogen-bond acceptors (Lipinski definition) is 3. The maximum atomic E-state index is 13.1. The second-order valence-electron chi connectivity index (χ2n) is 4.55. The highest BCUT2D eigenvalue weighted by Gasteiger charge is 2.03. The van der Waals surface area contributed by atoms with E-state index in [1.165, 1.54) is 12.1 Å². The first-order chi connectivity index (χ1) is 10.2. The summed E-state index contributed by atoms with van der Waals surface area (Å²) in [6.45, 7) is 0.357. The van der Waals surface area contributed by atoms with Gasteiger partial charge in [-0.3, -0.25) is 0 Å². The number of nitrogens with one attached hydrogen (secondary N) is 1. The average Bonchev–Trinajstić information content (AvgIpc) is 2.99. The maximum absolute atomic E-state index is 13.1. The van der Waals surface area contributed by atoms with Crippen molar-refractivity contribution in [3.05, 3.63) is 71.2 Å². The lowest BCUT2D eigenvalue weighted by Crippen LogP contribution is -2.00. The number of benzene rings is 2. The second kappa shape index (κ2) is 6.01. The van der Waals surface area contributed by atoms with E-state index in [0.717, 1.165) is 22.3 Å². The highest BCUT2D eigenvalue weighted by Crippen LogP contribution is 2.24. The minimum Gasteiger partial charge on any atom is -0.381 e. The van der Waals surface area contributed by atoms with E-state index >= 15 is 0 Å². The molecule has 0 radical (unpaired) electrons. The first-order valence-electron chi connectivity index (χ1n) is 6.39. The fourth-order valence-corrected chi connectivity index (χ4v) is 2.68. The summed E-state index contributed by atoms with van der Waals surface area (Å²) in [6.07, 6.45) is 1.76. The summed E-state index contributed by atoms with van der Waals surface area (Å²) in [7, 11) is 0. The number of aromatic nitrogens is 1. The van der Waals surface area contributed by atoms with Gasteiger partial charge in [-0.15, -0.1) is 11.3 Å². The number of halogens is 2. The Balaban J connectivity index is 1.75. The van der Waals surface area contributed by atoms with Gasteiger partial charge in [0.25, 0.3) is 0 Å². The van der Waals surface area contributed by atoms with Gasteiger partial charge in [-0.25, -0.2) is 13.8 Å². The highest BCUT2D eigenvalue weighted by atomic mass is 32.1. The summed E-state index contributed by atoms with van der Waals surface area (Å²) in [5, 5.41) is 6.02. The van der Waals surface area contributed by atoms with Crippen LogP contribution in [0.4, 0.5) is 14.5 Å². The molecule has 0 spiro atoms. The lowest BCUT2D eigenvalue weighted by atomic mass is 10.2. The Morgan fingerprint density at radius 3 is 2.57 bits per heavy atom. The molecule has 0 unspecified atom stereocenters. The fraction of sp³-hybridized carbons (Fsp3) is 0.0625. The topological polar surface area (TPSA) is 24.9 Å². The van der Waals surface area contributed by atoms with Crippen LogP contribution in [0.15, 0.2) is 54.0 Å². The number of rotatable bonds is 4. The molecule has 0 aliphatic carbocycles. The van der Waals surface area contributed by atoms with E-state index in [1.54, 1.807) is 17.5 Å². The van der Waals surface area contributed by atoms with Crippen molar-refractivity contribution in [1.29, 1.82) is 0 Å². The molecular weight excluding hydrogens is 290 g/mol. The molecule has 21 heavy (non-hydrogen) atoms. The summed E-state index contributed by atoms with van der Waals surface area (Å²) < 4.78 is 26.3. The lowest BCUT2D eigenvalue weighted by Gasteiger charge is -2.08. The molecule has 5 heteroatoms. The number of nitrogens with zero attached hydrogens (tertiary/aromatic N) is 1. The molecule has 1 heterocycles. The molecule has 3 rings (SSSR count). The molecule has 0 aliphatic rings. The number of hydrogen-bond donors (Lipinski definition) is 1. The van der Waals surface area contributed by atoms with Crippen molar-refractivity contribution in [2.45, 2.75) is 6.54 Å². The molecular formula is C16H12F2N2S. The number of anilines is 1. The standard InChI is InChI=1S/C16H12F2N2S/c17-13-6-11(7-14(18)9-13)10-20-15-3-1-2-12(8-15)16-19-4-5-21-16/h1-9,20H,10H2. The quantitative estimate of drug-likeness (QED) is 0.755. The Morgan fingerprint density at radius 1 is 1.05 bits per heavy atom. The molecule has 3 aromatic rings. The highest BCUT2D eigenvalue weighted by molar-refractivity contribution is 7.13. The van der Waals surface area contributed by atoms with Gasteiger partial charge < -0.3 is 5.32 Å². The zero-order valence-electron chi connectivity index (χ0n) is 11.0. The predicted molar refractivity (Wildman–Crippen MR) is 81.2 cm³/mol. The van der Waals surface area contributed by atoms with Gasteiger partial charge in [0.05, 0.1) is 0 Å². The van der Waals surface area contributed by atoms with Crippen molar-refractivity contribution in [2.24, 2.45) is 0 Å². The first-order valence-corrected chi connectivity index (χ1v) is 7.27. The molecule has 0 saturated carbocycles. The van der Waals surface area contributed by atoms with Crippen molar-refractivity contribution in [3.8, 4) is 10.6 Å². The van der Waals surface area contributed by atoms with Crippen molar-refractivity contribution >= 4 is 17.0 Å². The third-order valence-electron chi connectivity index (χ3n) is 2.96. The molecule has 0 atom stereocenters. The van der Waals surface area contributed by atoms with Crippen molar-refractivity contribution in [2.75, 3.05) is 5.32 Å². The molecule has 0 amide bonds. The Kier molecular flexibility index (Phi) is 3.92. The predicted octanol–water partition coefficient (Wildman–Crippen LogP) is 4.70. The van der Waals surface area contributed by atoms with Gasteiger partial charge in [0, 0.05) is 35.4 Å². The summed E-state index contributed by atoms with van der Waals surface area (Å²) in [4.78, 5) is 4.26. The maximum Gasteiger partial charge on any atom is 0.126 e. The summed E-state index contributed by atoms with van der Waals surface area (Å²) >= 11 is 1.57. The van der Waals surface area contributed by atoms with Crippen LogP contribution in [-0.4, -0.2) is 4.98 Å². The largest absolute Gasteiger partial charge is 0.381 e. The smallest absolute Gasteiger partial charge is 0.126 e. The van der Waals surface area contributed by atoms with E-state index in [4.69, 9.17) is 0 Å². The van der Waals surface area contributed by atoms with Gasteiger partial charge in [-0.05, 0) is 29.8 Å². The summed E-state index contributed by atoms with van der Waals surface area (Å²) in [6, 6.07) is 11.3.